The summed E-state index contributed by atoms with van der Waals surface area (Å²) >= 11 is 1.51. The maximum atomic E-state index is 12.0. The first-order valence-corrected chi connectivity index (χ1v) is 8.57. The van der Waals surface area contributed by atoms with Crippen molar-refractivity contribution in [1.82, 2.24) is 10.3 Å². The summed E-state index contributed by atoms with van der Waals surface area (Å²) in [6.45, 7) is 1.81. The van der Waals surface area contributed by atoms with Crippen LogP contribution in [0.4, 0.5) is 0 Å². The van der Waals surface area contributed by atoms with Crippen LogP contribution in [0, 0.1) is 0 Å². The number of thiazole rings is 1. The van der Waals surface area contributed by atoms with Crippen molar-refractivity contribution < 1.29 is 14.7 Å². The molecular formula is C18H20N2O3S. The second-order valence-corrected chi connectivity index (χ2v) is 6.28. The van der Waals surface area contributed by atoms with E-state index in [9.17, 15) is 9.59 Å². The summed E-state index contributed by atoms with van der Waals surface area (Å²) in [5.74, 6) is -1.37. The van der Waals surface area contributed by atoms with Crippen LogP contribution in [0.25, 0.3) is 0 Å². The molecule has 1 unspecified atom stereocenters. The minimum atomic E-state index is -1.04. The maximum absolute atomic E-state index is 12.0. The summed E-state index contributed by atoms with van der Waals surface area (Å²) in [7, 11) is 0. The maximum Gasteiger partial charge on any atom is 0.326 e. The number of hydrogen-bond acceptors (Lipinski definition) is 4. The van der Waals surface area contributed by atoms with Gasteiger partial charge >= 0.3 is 5.97 Å². The lowest BCUT2D eigenvalue weighted by Crippen LogP contribution is -2.41. The van der Waals surface area contributed by atoms with Gasteiger partial charge in [0.1, 0.15) is 6.04 Å². The fourth-order valence-corrected chi connectivity index (χ4v) is 3.01. The van der Waals surface area contributed by atoms with Crippen LogP contribution in [0.1, 0.15) is 29.6 Å². The Bertz CT molecular complexity index is 710. The quantitative estimate of drug-likeness (QED) is 0.722. The lowest BCUT2D eigenvalue weighted by molar-refractivity contribution is -0.141. The molecule has 24 heavy (non-hydrogen) atoms. The first-order valence-electron chi connectivity index (χ1n) is 7.69. The molecule has 1 aromatic carbocycles. The van der Waals surface area contributed by atoms with E-state index in [1.165, 1.54) is 16.9 Å². The van der Waals surface area contributed by atoms with E-state index < -0.39 is 12.0 Å². The van der Waals surface area contributed by atoms with E-state index in [4.69, 9.17) is 5.11 Å². The summed E-state index contributed by atoms with van der Waals surface area (Å²) in [5, 5.41) is 14.4. The summed E-state index contributed by atoms with van der Waals surface area (Å²) in [6, 6.07) is 9.09. The van der Waals surface area contributed by atoms with Crippen molar-refractivity contribution in [3.8, 4) is 0 Å². The summed E-state index contributed by atoms with van der Waals surface area (Å²) in [4.78, 5) is 27.6. The van der Waals surface area contributed by atoms with Gasteiger partial charge in [0, 0.05) is 11.8 Å². The van der Waals surface area contributed by atoms with E-state index >= 15 is 0 Å². The van der Waals surface area contributed by atoms with Crippen LogP contribution in [0.5, 0.6) is 0 Å². The number of hydrogen-bond donors (Lipinski definition) is 2. The first kappa shape index (κ1) is 17.9. The van der Waals surface area contributed by atoms with Gasteiger partial charge < -0.3 is 10.4 Å². The molecule has 0 saturated carbocycles. The second kappa shape index (κ2) is 8.98. The number of rotatable bonds is 8. The van der Waals surface area contributed by atoms with Gasteiger partial charge in [-0.25, -0.2) is 9.78 Å². The molecule has 0 saturated heterocycles. The highest BCUT2D eigenvalue weighted by Crippen LogP contribution is 2.15. The minimum absolute atomic E-state index is 0.0882. The van der Waals surface area contributed by atoms with Crippen molar-refractivity contribution in [3.63, 3.8) is 0 Å². The molecule has 0 aliphatic rings. The number of aromatic nitrogens is 1. The van der Waals surface area contributed by atoms with Crippen molar-refractivity contribution in [2.45, 2.75) is 32.2 Å². The summed E-state index contributed by atoms with van der Waals surface area (Å²) < 4.78 is 0. The molecular weight excluding hydrogens is 324 g/mol. The average Bonchev–Trinajstić information content (AvgIpc) is 2.99. The molecule has 2 aromatic rings. The largest absolute Gasteiger partial charge is 0.480 e. The number of carbonyl (C=O) groups is 2. The predicted octanol–water partition coefficient (Wildman–Crippen LogP) is 2.81. The van der Waals surface area contributed by atoms with Crippen LogP contribution >= 0.6 is 11.3 Å². The second-order valence-electron chi connectivity index (χ2n) is 5.33. The number of aliphatic carboxylic acids is 1. The van der Waals surface area contributed by atoms with E-state index in [-0.39, 0.29) is 18.7 Å². The molecule has 0 aliphatic heterocycles. The van der Waals surface area contributed by atoms with Crippen LogP contribution in [0.2, 0.25) is 0 Å². The molecule has 2 N–H and O–H groups in total. The van der Waals surface area contributed by atoms with Crippen LogP contribution < -0.4 is 5.32 Å². The van der Waals surface area contributed by atoms with Gasteiger partial charge in [-0.2, -0.15) is 0 Å². The van der Waals surface area contributed by atoms with Gasteiger partial charge in [-0.1, -0.05) is 42.5 Å². The molecule has 2 rings (SSSR count). The number of carboxylic acids is 1. The van der Waals surface area contributed by atoms with Crippen molar-refractivity contribution in [2.75, 3.05) is 0 Å². The van der Waals surface area contributed by atoms with Crippen molar-refractivity contribution in [1.29, 1.82) is 0 Å². The van der Waals surface area contributed by atoms with Gasteiger partial charge in [-0.15, -0.1) is 11.3 Å². The van der Waals surface area contributed by atoms with Gasteiger partial charge in [-0.3, -0.25) is 4.79 Å². The first-order chi connectivity index (χ1) is 11.6. The zero-order chi connectivity index (χ0) is 17.4. The molecule has 0 aliphatic carbocycles. The number of nitrogens with one attached hydrogen (secondary N) is 1. The number of nitrogens with zero attached hydrogens (tertiary/aromatic N) is 1. The Labute approximate surface area is 145 Å². The van der Waals surface area contributed by atoms with E-state index in [1.54, 1.807) is 12.2 Å². The molecule has 1 aromatic heterocycles. The fourth-order valence-electron chi connectivity index (χ4n) is 2.19. The molecule has 126 valence electrons. The topological polar surface area (TPSA) is 79.3 Å². The van der Waals surface area contributed by atoms with Crippen LogP contribution in [0.15, 0.2) is 47.9 Å². The van der Waals surface area contributed by atoms with Gasteiger partial charge in [0.05, 0.1) is 17.1 Å². The lowest BCUT2D eigenvalue weighted by Gasteiger charge is -2.11. The van der Waals surface area contributed by atoms with E-state index in [2.05, 4.69) is 10.3 Å². The van der Waals surface area contributed by atoms with E-state index in [0.29, 0.717) is 5.69 Å². The van der Waals surface area contributed by atoms with Gasteiger partial charge in [0.15, 0.2) is 0 Å². The Hall–Kier alpha value is -2.47. The molecule has 1 atom stereocenters. The smallest absolute Gasteiger partial charge is 0.326 e. The van der Waals surface area contributed by atoms with Crippen molar-refractivity contribution >= 4 is 23.2 Å². The monoisotopic (exact) mass is 344 g/mol. The Morgan fingerprint density at radius 2 is 2.08 bits per heavy atom. The molecule has 1 amide bonds. The number of carboxylic acid groups (broad SMARTS) is 1. The Kier molecular flexibility index (Phi) is 6.69. The number of benzene rings is 1. The normalized spacial score (nSPS) is 12.2. The van der Waals surface area contributed by atoms with Crippen LogP contribution in [0.3, 0.4) is 0 Å². The average molecular weight is 344 g/mol. The highest BCUT2D eigenvalue weighted by atomic mass is 32.1. The van der Waals surface area contributed by atoms with Crippen molar-refractivity contribution in [2.24, 2.45) is 0 Å². The third-order valence-electron chi connectivity index (χ3n) is 3.38. The Morgan fingerprint density at radius 1 is 1.33 bits per heavy atom. The fraction of sp³-hybridized carbons (Fsp3) is 0.278. The van der Waals surface area contributed by atoms with E-state index in [1.807, 2.05) is 42.6 Å². The van der Waals surface area contributed by atoms with Crippen molar-refractivity contribution in [3.05, 3.63) is 64.1 Å². The van der Waals surface area contributed by atoms with E-state index in [0.717, 1.165) is 11.4 Å². The lowest BCUT2D eigenvalue weighted by atomic mass is 10.1. The SMILES string of the molecule is C/C=C/CC(NC(=O)Cc1csc(Cc2ccccc2)n1)C(=O)O. The zero-order valence-corrected chi connectivity index (χ0v) is 14.3. The highest BCUT2D eigenvalue weighted by molar-refractivity contribution is 7.09. The number of amides is 1. The molecule has 6 heteroatoms. The highest BCUT2D eigenvalue weighted by Gasteiger charge is 2.19. The minimum Gasteiger partial charge on any atom is -0.480 e. The number of carbonyl (C=O) groups excluding carboxylic acids is 1. The Balaban J connectivity index is 1.91. The number of allylic oxidation sites excluding steroid dienone is 1. The third kappa shape index (κ3) is 5.62. The molecule has 1 heterocycles. The zero-order valence-electron chi connectivity index (χ0n) is 13.4. The summed E-state index contributed by atoms with van der Waals surface area (Å²) in [5.41, 5.74) is 1.83. The summed E-state index contributed by atoms with van der Waals surface area (Å²) in [6.07, 6.45) is 4.57. The predicted molar refractivity (Wildman–Crippen MR) is 94.1 cm³/mol. The molecule has 0 fully saturated rings. The molecule has 0 radical (unpaired) electrons. The molecule has 0 spiro atoms. The standard InChI is InChI=1S/C18H20N2O3S/c1-2-3-9-15(18(22)23)20-16(21)11-14-12-24-17(19-14)10-13-7-5-4-6-8-13/h2-8,12,15H,9-11H2,1H3,(H,20,21)(H,22,23)/b3-2+. The molecule has 5 nitrogen and oxygen atoms in total. The van der Waals surface area contributed by atoms with Crippen LogP contribution in [-0.4, -0.2) is 28.0 Å². The van der Waals surface area contributed by atoms with Gasteiger partial charge in [0.2, 0.25) is 5.91 Å². The van der Waals surface area contributed by atoms with Crippen LogP contribution in [-0.2, 0) is 22.4 Å². The Morgan fingerprint density at radius 3 is 2.75 bits per heavy atom. The van der Waals surface area contributed by atoms with Gasteiger partial charge in [-0.05, 0) is 18.9 Å². The van der Waals surface area contributed by atoms with Gasteiger partial charge in [0.25, 0.3) is 0 Å². The molecule has 0 bridgehead atoms. The third-order valence-corrected chi connectivity index (χ3v) is 4.28.